The third-order valence-corrected chi connectivity index (χ3v) is 6.42. The number of hydrogen-bond acceptors (Lipinski definition) is 2. The lowest BCUT2D eigenvalue weighted by Gasteiger charge is -2.01. The number of aromatic amines is 1. The molecule has 6 rings (SSSR count). The third kappa shape index (κ3) is 3.59. The molecule has 0 amide bonds. The molecule has 8 bridgehead atoms. The molecule has 38 heavy (non-hydrogen) atoms. The van der Waals surface area contributed by atoms with Gasteiger partial charge < -0.3 is 4.98 Å². The number of nitrogens with zero attached hydrogens (tertiary/aromatic N) is 3. The van der Waals surface area contributed by atoms with Crippen molar-refractivity contribution in [3.63, 3.8) is 0 Å². The number of terminal acetylenes is 4. The Morgan fingerprint density at radius 1 is 0.684 bits per heavy atom. The number of H-pyrrole nitrogens is 1. The number of rotatable bonds is 1. The fourth-order valence-electron chi connectivity index (χ4n) is 4.82. The molecule has 4 aromatic rings. The van der Waals surface area contributed by atoms with Crippen LogP contribution in [0, 0.1) is 49.5 Å². The van der Waals surface area contributed by atoms with Gasteiger partial charge in [-0.3, -0.25) is 4.57 Å². The Labute approximate surface area is 220 Å². The first-order chi connectivity index (χ1) is 18.6. The third-order valence-electron chi connectivity index (χ3n) is 6.42. The summed E-state index contributed by atoms with van der Waals surface area (Å²) in [5.41, 5.74) is 8.94. The van der Waals surface area contributed by atoms with E-state index < -0.39 is 0 Å². The molecule has 0 spiro atoms. The number of fused-ring (bicyclic) bond motifs is 8. The van der Waals surface area contributed by atoms with Gasteiger partial charge >= 0.3 is 0 Å². The Morgan fingerprint density at radius 2 is 1.32 bits per heavy atom. The first-order valence-electron chi connectivity index (χ1n) is 11.8. The van der Waals surface area contributed by atoms with Crippen molar-refractivity contribution in [3.05, 3.63) is 94.1 Å². The second kappa shape index (κ2) is 8.93. The van der Waals surface area contributed by atoms with E-state index in [1.807, 2.05) is 78.9 Å². The SMILES string of the molecule is C#Cc1cc2cc3nc(cc4nc(cc5c(-c6ccccc6)c(C#C)c(c(C#C)c1[nH]2)n5C#C)C=C4)C=C3. The highest BCUT2D eigenvalue weighted by Crippen LogP contribution is 2.36. The van der Waals surface area contributed by atoms with Crippen molar-refractivity contribution >= 4 is 46.4 Å². The van der Waals surface area contributed by atoms with E-state index in [2.05, 4.69) is 33.8 Å². The quantitative estimate of drug-likeness (QED) is 0.285. The van der Waals surface area contributed by atoms with Crippen molar-refractivity contribution < 1.29 is 0 Å². The van der Waals surface area contributed by atoms with Crippen LogP contribution >= 0.6 is 0 Å². The van der Waals surface area contributed by atoms with E-state index in [0.29, 0.717) is 33.2 Å². The average Bonchev–Trinajstić information content (AvgIpc) is 3.72. The Hall–Kier alpha value is -5.94. The largest absolute Gasteiger partial charge is 0.353 e. The zero-order valence-corrected chi connectivity index (χ0v) is 20.2. The van der Waals surface area contributed by atoms with E-state index in [9.17, 15) is 0 Å². The van der Waals surface area contributed by atoms with Gasteiger partial charge in [0, 0.05) is 17.1 Å². The molecule has 0 saturated heterocycles. The highest BCUT2D eigenvalue weighted by molar-refractivity contribution is 5.99. The van der Waals surface area contributed by atoms with Gasteiger partial charge in [-0.05, 0) is 54.1 Å². The lowest BCUT2D eigenvalue weighted by molar-refractivity contribution is 1.24. The van der Waals surface area contributed by atoms with Crippen LogP contribution in [0.4, 0.5) is 0 Å². The molecule has 4 nitrogen and oxygen atoms in total. The molecule has 0 radical (unpaired) electrons. The summed E-state index contributed by atoms with van der Waals surface area (Å²) >= 11 is 0. The van der Waals surface area contributed by atoms with Crippen LogP contribution in [0.25, 0.3) is 57.5 Å². The minimum absolute atomic E-state index is 0.466. The van der Waals surface area contributed by atoms with E-state index >= 15 is 0 Å². The van der Waals surface area contributed by atoms with Gasteiger partial charge in [-0.15, -0.1) is 19.3 Å². The molecular formula is C34H18N4. The number of benzene rings is 1. The summed E-state index contributed by atoms with van der Waals surface area (Å²) < 4.78 is 1.69. The summed E-state index contributed by atoms with van der Waals surface area (Å²) in [6.07, 6.45) is 32.1. The summed E-state index contributed by atoms with van der Waals surface area (Å²) in [4.78, 5) is 12.8. The zero-order chi connectivity index (χ0) is 26.2. The number of nitrogens with one attached hydrogen (secondary N) is 1. The Balaban J connectivity index is 1.93. The predicted molar refractivity (Wildman–Crippen MR) is 156 cm³/mol. The highest BCUT2D eigenvalue weighted by atomic mass is 15.0. The van der Waals surface area contributed by atoms with Crippen LogP contribution in [0.1, 0.15) is 39.5 Å². The van der Waals surface area contributed by atoms with Crippen LogP contribution in [-0.2, 0) is 0 Å². The van der Waals surface area contributed by atoms with E-state index in [4.69, 9.17) is 30.7 Å². The van der Waals surface area contributed by atoms with Crippen LogP contribution < -0.4 is 0 Å². The van der Waals surface area contributed by atoms with Gasteiger partial charge in [-0.1, -0.05) is 54.5 Å². The summed E-state index contributed by atoms with van der Waals surface area (Å²) in [5.74, 6) is 8.42. The summed E-state index contributed by atoms with van der Waals surface area (Å²) in [6, 6.07) is 20.2. The van der Waals surface area contributed by atoms with Crippen molar-refractivity contribution in [2.45, 2.75) is 0 Å². The Morgan fingerprint density at radius 3 is 1.92 bits per heavy atom. The van der Waals surface area contributed by atoms with Crippen molar-refractivity contribution in [1.82, 2.24) is 19.5 Å². The summed E-state index contributed by atoms with van der Waals surface area (Å²) in [5, 5.41) is 0. The molecule has 1 aromatic carbocycles. The van der Waals surface area contributed by atoms with Crippen LogP contribution in [0.3, 0.4) is 0 Å². The van der Waals surface area contributed by atoms with Crippen molar-refractivity contribution in [3.8, 4) is 60.6 Å². The molecule has 0 fully saturated rings. The zero-order valence-electron chi connectivity index (χ0n) is 20.2. The molecule has 0 aliphatic carbocycles. The van der Waals surface area contributed by atoms with Crippen LogP contribution in [0.15, 0.2) is 54.6 Å². The fourth-order valence-corrected chi connectivity index (χ4v) is 4.82. The van der Waals surface area contributed by atoms with Gasteiger partial charge in [-0.25, -0.2) is 9.97 Å². The van der Waals surface area contributed by atoms with Gasteiger partial charge in [0.1, 0.15) is 0 Å². The van der Waals surface area contributed by atoms with E-state index in [-0.39, 0.29) is 0 Å². The molecule has 1 N–H and O–H groups in total. The normalized spacial score (nSPS) is 11.4. The minimum Gasteiger partial charge on any atom is -0.353 e. The molecule has 0 saturated carbocycles. The van der Waals surface area contributed by atoms with E-state index in [1.165, 1.54) is 0 Å². The first-order valence-corrected chi connectivity index (χ1v) is 11.8. The Bertz CT molecular complexity index is 2050. The lowest BCUT2D eigenvalue weighted by Crippen LogP contribution is -1.92. The molecular weight excluding hydrogens is 464 g/mol. The molecule has 2 aliphatic heterocycles. The van der Waals surface area contributed by atoms with E-state index in [1.54, 1.807) is 4.57 Å². The standard InChI is InChI=1S/C34H18N4/c1-5-22-18-28-20-26-15-14-24(35-26)19-25-16-17-27(36-25)21-31-32(23-12-10-9-11-13-23)29(6-2)34(38(31)8-4)30(7-3)33(22)37-28/h1-4,9-21,37H. The maximum absolute atomic E-state index is 6.16. The predicted octanol–water partition coefficient (Wildman–Crippen LogP) is 6.18. The summed E-state index contributed by atoms with van der Waals surface area (Å²) in [7, 11) is 0. The smallest absolute Gasteiger partial charge is 0.0887 e. The molecule has 174 valence electrons. The molecule has 2 aliphatic rings. The van der Waals surface area contributed by atoms with Crippen molar-refractivity contribution in [2.75, 3.05) is 0 Å². The molecule has 3 aromatic heterocycles. The average molecular weight is 483 g/mol. The number of aromatic nitrogens is 4. The second-order valence-corrected chi connectivity index (χ2v) is 8.66. The molecule has 5 heterocycles. The van der Waals surface area contributed by atoms with Crippen LogP contribution in [0.2, 0.25) is 0 Å². The lowest BCUT2D eigenvalue weighted by atomic mass is 10.0. The fraction of sp³-hybridized carbons (Fsp3) is 0. The monoisotopic (exact) mass is 482 g/mol. The highest BCUT2D eigenvalue weighted by Gasteiger charge is 2.20. The molecule has 4 heteroatoms. The van der Waals surface area contributed by atoms with Gasteiger partial charge in [-0.2, -0.15) is 0 Å². The minimum atomic E-state index is 0.466. The topological polar surface area (TPSA) is 46.5 Å². The van der Waals surface area contributed by atoms with Gasteiger partial charge in [0.2, 0.25) is 0 Å². The molecule has 0 unspecified atom stereocenters. The molecule has 0 atom stereocenters. The van der Waals surface area contributed by atoms with E-state index in [0.717, 1.165) is 39.4 Å². The van der Waals surface area contributed by atoms with Crippen molar-refractivity contribution in [2.24, 2.45) is 0 Å². The number of hydrogen-bond donors (Lipinski definition) is 1. The summed E-state index contributed by atoms with van der Waals surface area (Å²) in [6.45, 7) is 0. The van der Waals surface area contributed by atoms with Gasteiger partial charge in [0.15, 0.2) is 0 Å². The van der Waals surface area contributed by atoms with Crippen molar-refractivity contribution in [1.29, 1.82) is 0 Å². The second-order valence-electron chi connectivity index (χ2n) is 8.66. The maximum Gasteiger partial charge on any atom is 0.0887 e. The van der Waals surface area contributed by atoms with Crippen LogP contribution in [0.5, 0.6) is 0 Å². The maximum atomic E-state index is 6.16. The Kier molecular flexibility index (Phi) is 5.29. The van der Waals surface area contributed by atoms with Crippen LogP contribution in [-0.4, -0.2) is 19.5 Å². The first kappa shape index (κ1) is 22.5. The van der Waals surface area contributed by atoms with Gasteiger partial charge in [0.05, 0.1) is 56.0 Å². The van der Waals surface area contributed by atoms with Gasteiger partial charge in [0.25, 0.3) is 0 Å².